The molecule has 0 unspecified atom stereocenters. The Balaban J connectivity index is 1.68. The zero-order valence-corrected chi connectivity index (χ0v) is 48.2. The Morgan fingerprint density at radius 3 is 2.20 bits per heavy atom. The molecule has 432 valence electrons. The van der Waals surface area contributed by atoms with Gasteiger partial charge in [-0.3, -0.25) is 9.69 Å². The van der Waals surface area contributed by atoms with Crippen LogP contribution in [0.2, 0.25) is 0 Å². The topological polar surface area (TPSA) is 229 Å². The monoisotopic (exact) mass is 1070 g/mol. The number of carbonyl (C=O) groups excluding carboxylic acids is 2. The minimum atomic E-state index is -1.88. The molecular weight excluding hydrogens is 981 g/mol. The number of nitrogens with zero attached hydrogens (tertiary/aromatic N) is 2. The van der Waals surface area contributed by atoms with Gasteiger partial charge in [0.25, 0.3) is 0 Å². The molecule has 3 saturated heterocycles. The summed E-state index contributed by atoms with van der Waals surface area (Å²) in [7, 11) is 6.50. The Bertz CT molecular complexity index is 2140. The number of aliphatic hydroxyl groups is 4. The Morgan fingerprint density at radius 1 is 0.895 bits per heavy atom. The van der Waals surface area contributed by atoms with Gasteiger partial charge in [0.2, 0.25) is 0 Å². The predicted octanol–water partition coefficient (Wildman–Crippen LogP) is 6.05. The second-order valence-corrected chi connectivity index (χ2v) is 22.4. The molecular formula is C57H94N4O15. The number of aliphatic hydroxyl groups excluding tert-OH is 1. The number of anilines is 1. The van der Waals surface area contributed by atoms with Gasteiger partial charge in [0.15, 0.2) is 30.2 Å². The van der Waals surface area contributed by atoms with E-state index in [1.807, 2.05) is 65.0 Å². The highest BCUT2D eigenvalue weighted by Crippen LogP contribution is 2.44. The van der Waals surface area contributed by atoms with E-state index >= 15 is 0 Å². The summed E-state index contributed by atoms with van der Waals surface area (Å²) in [6, 6.07) is 12.8. The minimum Gasteiger partial charge on any atom is -0.493 e. The highest BCUT2D eigenvalue weighted by molar-refractivity contribution is 5.91. The first-order valence-corrected chi connectivity index (χ1v) is 27.4. The highest BCUT2D eigenvalue weighted by Gasteiger charge is 2.58. The number of hydrogen-bond acceptors (Lipinski definition) is 17. The number of ether oxygens (including phenoxy) is 9. The Labute approximate surface area is 452 Å². The summed E-state index contributed by atoms with van der Waals surface area (Å²) in [5, 5.41) is 55.8. The van der Waals surface area contributed by atoms with Gasteiger partial charge in [0.05, 0.1) is 55.7 Å². The van der Waals surface area contributed by atoms with Crippen molar-refractivity contribution in [2.45, 2.75) is 205 Å². The number of carbonyl (C=O) groups is 2. The van der Waals surface area contributed by atoms with Crippen LogP contribution in [0.5, 0.6) is 17.2 Å². The van der Waals surface area contributed by atoms with Crippen LogP contribution < -0.4 is 29.7 Å². The summed E-state index contributed by atoms with van der Waals surface area (Å²) in [5.74, 6) is -1.74. The van der Waals surface area contributed by atoms with Crippen LogP contribution in [0.1, 0.15) is 115 Å². The number of amides is 2. The van der Waals surface area contributed by atoms with E-state index in [0.29, 0.717) is 49.1 Å². The molecule has 2 aromatic carbocycles. The van der Waals surface area contributed by atoms with Gasteiger partial charge in [-0.15, -0.1) is 0 Å². The second-order valence-electron chi connectivity index (χ2n) is 22.4. The maximum absolute atomic E-state index is 14.8. The summed E-state index contributed by atoms with van der Waals surface area (Å²) in [6.07, 6.45) is -8.10. The van der Waals surface area contributed by atoms with E-state index in [1.165, 1.54) is 14.0 Å². The number of urea groups is 1. The largest absolute Gasteiger partial charge is 0.493 e. The van der Waals surface area contributed by atoms with Crippen LogP contribution in [0.3, 0.4) is 0 Å². The summed E-state index contributed by atoms with van der Waals surface area (Å²) < 4.78 is 58.6. The van der Waals surface area contributed by atoms with Crippen LogP contribution in [0.4, 0.5) is 10.5 Å². The fraction of sp³-hybridized carbons (Fsp3) is 0.754. The first kappa shape index (κ1) is 63.0. The number of hydrogen-bond donors (Lipinski definition) is 6. The molecule has 76 heavy (non-hydrogen) atoms. The number of likely N-dealkylation sites (N-methyl/N-ethyl adjacent to an activating group) is 1. The standard InChI is InChI=1S/C57H94N4O15/c1-17-27-58-33-57(67)39(9)72-46(31-55(57,11)69-16)75-47-36(6)50(54(10,65)30-34(4)32-59-38(8)49(62)56(12,66)45(18-2)74-51(63)37(47)7)76-52-48(73-41-25-26-43(68-15)44(29-41)70-19-3)42(28-35(5)71-52)61(14)53(64)60(13)40-23-21-20-22-24-40/h20-26,29,34-39,42,45-50,52,58-59,62,65-67H,17-19,27-28,30-33H2,1-16H3/t34-,35-,36+,37-,38-,39+,42+,45-,46+,47+,48-,49-,50-,52+,54-,55-,56-,57+/m1/s1. The van der Waals surface area contributed by atoms with E-state index in [9.17, 15) is 30.0 Å². The molecule has 0 bridgehead atoms. The molecule has 5 rings (SSSR count). The van der Waals surface area contributed by atoms with Gasteiger partial charge in [0.1, 0.15) is 34.8 Å². The molecule has 3 fully saturated rings. The van der Waals surface area contributed by atoms with E-state index in [4.69, 9.17) is 42.6 Å². The molecule has 18 atom stereocenters. The van der Waals surface area contributed by atoms with Gasteiger partial charge in [-0.1, -0.05) is 45.9 Å². The molecule has 2 aromatic rings. The number of methoxy groups -OCH3 is 2. The van der Waals surface area contributed by atoms with Crippen molar-refractivity contribution in [2.75, 3.05) is 59.5 Å². The van der Waals surface area contributed by atoms with Gasteiger partial charge >= 0.3 is 12.0 Å². The third-order valence-corrected chi connectivity index (χ3v) is 16.3. The number of rotatable bonds is 17. The van der Waals surface area contributed by atoms with Crippen LogP contribution in [-0.4, -0.2) is 182 Å². The molecule has 0 aliphatic carbocycles. The smallest absolute Gasteiger partial charge is 0.324 e. The molecule has 3 aliphatic heterocycles. The van der Waals surface area contributed by atoms with Crippen LogP contribution >= 0.6 is 0 Å². The van der Waals surface area contributed by atoms with Crippen molar-refractivity contribution >= 4 is 17.7 Å². The quantitative estimate of drug-likeness (QED) is 0.0783. The van der Waals surface area contributed by atoms with E-state index in [2.05, 4.69) is 10.6 Å². The molecule has 0 radical (unpaired) electrons. The summed E-state index contributed by atoms with van der Waals surface area (Å²) in [5.41, 5.74) is -5.62. The molecule has 3 aliphatic rings. The van der Waals surface area contributed by atoms with Crippen LogP contribution in [0, 0.1) is 17.8 Å². The second kappa shape index (κ2) is 26.9. The average Bonchev–Trinajstić information content (AvgIpc) is 3.38. The van der Waals surface area contributed by atoms with Gasteiger partial charge in [0, 0.05) is 57.9 Å². The van der Waals surface area contributed by atoms with E-state index in [1.54, 1.807) is 90.7 Å². The summed E-state index contributed by atoms with van der Waals surface area (Å²) in [4.78, 5) is 32.6. The fourth-order valence-corrected chi connectivity index (χ4v) is 11.5. The highest BCUT2D eigenvalue weighted by atomic mass is 16.7. The van der Waals surface area contributed by atoms with Gasteiger partial charge in [-0.05, 0) is 124 Å². The van der Waals surface area contributed by atoms with Gasteiger partial charge in [-0.25, -0.2) is 4.79 Å². The van der Waals surface area contributed by atoms with Crippen LogP contribution in [0.15, 0.2) is 48.5 Å². The first-order chi connectivity index (χ1) is 35.7. The number of para-hydroxylation sites is 1. The Hall–Kier alpha value is -3.86. The average molecular weight is 1080 g/mol. The lowest BCUT2D eigenvalue weighted by Crippen LogP contribution is -2.70. The van der Waals surface area contributed by atoms with Crippen molar-refractivity contribution in [2.24, 2.45) is 17.8 Å². The Morgan fingerprint density at radius 2 is 1.58 bits per heavy atom. The SMILES string of the molecule is CCCNC[C@]1(O)[C@H](C)O[C@@H](O[C@H]2[C@H](C)[C@@H](O[C@@H]3O[C@H](C)C[C@H](N(C)C(=O)N(C)c4ccccc4)[C@H]3Oc3ccc(OC)c(OCC)c3)[C@](C)(O)C[C@@H](C)CN[C@H](C)[C@@H](O)[C@](C)(O)[C@@H](CC)OC(=O)[C@@H]2C)C[C@@]1(C)OC. The maximum atomic E-state index is 14.8. The predicted molar refractivity (Wildman–Crippen MR) is 289 cm³/mol. The molecule has 3 heterocycles. The van der Waals surface area contributed by atoms with Crippen molar-refractivity contribution in [3.05, 3.63) is 48.5 Å². The maximum Gasteiger partial charge on any atom is 0.324 e. The third-order valence-electron chi connectivity index (χ3n) is 16.3. The van der Waals surface area contributed by atoms with Gasteiger partial charge < -0.3 is 78.6 Å². The lowest BCUT2D eigenvalue weighted by molar-refractivity contribution is -0.335. The fourth-order valence-electron chi connectivity index (χ4n) is 11.5. The van der Waals surface area contributed by atoms with Crippen molar-refractivity contribution in [3.63, 3.8) is 0 Å². The molecule has 0 aromatic heterocycles. The number of cyclic esters (lactones) is 1. The molecule has 19 heteroatoms. The van der Waals surface area contributed by atoms with E-state index in [0.717, 1.165) is 6.42 Å². The third kappa shape index (κ3) is 14.3. The normalized spacial score (nSPS) is 38.0. The zero-order valence-electron chi connectivity index (χ0n) is 48.2. The van der Waals surface area contributed by atoms with Crippen LogP contribution in [0.25, 0.3) is 0 Å². The molecule has 6 N–H and O–H groups in total. The number of esters is 1. The van der Waals surface area contributed by atoms with Crippen LogP contribution in [-0.2, 0) is 33.2 Å². The van der Waals surface area contributed by atoms with Crippen molar-refractivity contribution in [1.82, 2.24) is 15.5 Å². The molecule has 0 spiro atoms. The van der Waals surface area contributed by atoms with Crippen molar-refractivity contribution in [1.29, 1.82) is 0 Å². The first-order valence-electron chi connectivity index (χ1n) is 27.4. The van der Waals surface area contributed by atoms with Crippen molar-refractivity contribution in [3.8, 4) is 17.2 Å². The lowest BCUT2D eigenvalue weighted by atomic mass is 9.75. The molecule has 0 saturated carbocycles. The zero-order chi connectivity index (χ0) is 56.5. The molecule has 19 nitrogen and oxygen atoms in total. The summed E-state index contributed by atoms with van der Waals surface area (Å²) >= 11 is 0. The lowest BCUT2D eigenvalue weighted by Gasteiger charge is -2.53. The number of benzene rings is 2. The Kier molecular flexibility index (Phi) is 22.3. The number of nitrogens with one attached hydrogen (secondary N) is 2. The molecule has 2 amide bonds. The van der Waals surface area contributed by atoms with Gasteiger partial charge in [-0.2, -0.15) is 0 Å². The van der Waals surface area contributed by atoms with Crippen molar-refractivity contribution < 1.29 is 72.6 Å². The minimum absolute atomic E-state index is 0.0361. The summed E-state index contributed by atoms with van der Waals surface area (Å²) in [6.45, 7) is 22.9. The van der Waals surface area contributed by atoms with E-state index in [-0.39, 0.29) is 37.8 Å². The van der Waals surface area contributed by atoms with E-state index < -0.39 is 108 Å².